The van der Waals surface area contributed by atoms with Crippen molar-refractivity contribution in [2.75, 3.05) is 5.32 Å². The van der Waals surface area contributed by atoms with Gasteiger partial charge in [-0.1, -0.05) is 12.1 Å². The van der Waals surface area contributed by atoms with E-state index in [0.717, 1.165) is 6.07 Å². The average Bonchev–Trinajstić information content (AvgIpc) is 2.36. The first-order valence-corrected chi connectivity index (χ1v) is 6.44. The van der Waals surface area contributed by atoms with Crippen LogP contribution >= 0.6 is 15.9 Å². The van der Waals surface area contributed by atoms with Gasteiger partial charge in [0.1, 0.15) is 11.6 Å². The number of phenolic OH excluding ortho intramolecular Hbond substituents is 1. The number of aryl methyl sites for hydroxylation is 1. The quantitative estimate of drug-likeness (QED) is 0.867. The number of benzene rings is 2. The number of hydrogen-bond donors (Lipinski definition) is 2. The fourth-order valence-corrected chi connectivity index (χ4v) is 2.19. The van der Waals surface area contributed by atoms with E-state index in [-0.39, 0.29) is 21.5 Å². The molecule has 0 spiro atoms. The number of amides is 1. The van der Waals surface area contributed by atoms with Gasteiger partial charge in [0.25, 0.3) is 5.91 Å². The number of para-hydroxylation sites is 1. The summed E-state index contributed by atoms with van der Waals surface area (Å²) < 4.78 is 26.7. The van der Waals surface area contributed by atoms with Gasteiger partial charge < -0.3 is 10.4 Å². The van der Waals surface area contributed by atoms with Crippen molar-refractivity contribution >= 4 is 27.5 Å². The van der Waals surface area contributed by atoms with Crippen LogP contribution in [-0.2, 0) is 0 Å². The summed E-state index contributed by atoms with van der Waals surface area (Å²) in [6.07, 6.45) is 0. The third-order valence-electron chi connectivity index (χ3n) is 2.73. The Morgan fingerprint density at radius 2 is 2.00 bits per heavy atom. The van der Waals surface area contributed by atoms with E-state index in [4.69, 9.17) is 0 Å². The first-order chi connectivity index (χ1) is 9.40. The molecule has 3 nitrogen and oxygen atoms in total. The van der Waals surface area contributed by atoms with E-state index in [9.17, 15) is 18.7 Å². The largest absolute Gasteiger partial charge is 0.507 e. The summed E-state index contributed by atoms with van der Waals surface area (Å²) in [6, 6.07) is 6.35. The third kappa shape index (κ3) is 2.80. The van der Waals surface area contributed by atoms with E-state index in [1.165, 1.54) is 6.07 Å². The van der Waals surface area contributed by atoms with Gasteiger partial charge in [0.05, 0.1) is 11.3 Å². The van der Waals surface area contributed by atoms with Gasteiger partial charge in [0.2, 0.25) is 0 Å². The Labute approximate surface area is 122 Å². The minimum atomic E-state index is -0.905. The van der Waals surface area contributed by atoms with Crippen LogP contribution in [-0.4, -0.2) is 11.0 Å². The van der Waals surface area contributed by atoms with Crippen LogP contribution in [0, 0.1) is 18.6 Å². The third-order valence-corrected chi connectivity index (χ3v) is 3.35. The van der Waals surface area contributed by atoms with Gasteiger partial charge in [-0.05, 0) is 40.5 Å². The summed E-state index contributed by atoms with van der Waals surface area (Å²) in [5.74, 6) is -2.52. The molecular formula is C14H10BrF2NO2. The molecule has 0 saturated carbocycles. The highest BCUT2D eigenvalue weighted by Crippen LogP contribution is 2.29. The highest BCUT2D eigenvalue weighted by atomic mass is 79.9. The molecule has 0 fully saturated rings. The van der Waals surface area contributed by atoms with Gasteiger partial charge in [-0.15, -0.1) is 0 Å². The maximum Gasteiger partial charge on any atom is 0.259 e. The molecule has 0 aromatic heterocycles. The van der Waals surface area contributed by atoms with Crippen molar-refractivity contribution in [3.05, 3.63) is 57.6 Å². The maximum absolute atomic E-state index is 13.6. The summed E-state index contributed by atoms with van der Waals surface area (Å²) in [6.45, 7) is 1.64. The summed E-state index contributed by atoms with van der Waals surface area (Å²) in [5, 5.41) is 12.1. The highest BCUT2D eigenvalue weighted by Gasteiger charge is 2.17. The molecule has 6 heteroatoms. The number of phenols is 1. The number of anilines is 1. The molecule has 0 aliphatic carbocycles. The molecule has 0 saturated heterocycles. The highest BCUT2D eigenvalue weighted by molar-refractivity contribution is 9.10. The first-order valence-electron chi connectivity index (χ1n) is 5.64. The summed E-state index contributed by atoms with van der Waals surface area (Å²) in [4.78, 5) is 12.0. The SMILES string of the molecule is Cc1cccc(C(=O)Nc2c(F)cc(F)cc2Br)c1O. The van der Waals surface area contributed by atoms with Crippen molar-refractivity contribution in [2.45, 2.75) is 6.92 Å². The fourth-order valence-electron chi connectivity index (χ4n) is 1.68. The Kier molecular flexibility index (Phi) is 4.04. The Balaban J connectivity index is 2.36. The molecule has 0 aliphatic heterocycles. The summed E-state index contributed by atoms with van der Waals surface area (Å²) in [7, 11) is 0. The van der Waals surface area contributed by atoms with E-state index in [1.54, 1.807) is 19.1 Å². The van der Waals surface area contributed by atoms with Crippen LogP contribution in [0.5, 0.6) is 5.75 Å². The minimum absolute atomic E-state index is 0.0145. The Morgan fingerprint density at radius 3 is 2.65 bits per heavy atom. The number of nitrogens with one attached hydrogen (secondary N) is 1. The molecule has 1 amide bonds. The van der Waals surface area contributed by atoms with Crippen molar-refractivity contribution in [2.24, 2.45) is 0 Å². The number of carbonyl (C=O) groups excluding carboxylic acids is 1. The van der Waals surface area contributed by atoms with Crippen molar-refractivity contribution in [1.29, 1.82) is 0 Å². The molecule has 2 N–H and O–H groups in total. The lowest BCUT2D eigenvalue weighted by atomic mass is 10.1. The average molecular weight is 342 g/mol. The zero-order valence-electron chi connectivity index (χ0n) is 10.4. The number of aromatic hydroxyl groups is 1. The molecule has 0 radical (unpaired) electrons. The van der Waals surface area contributed by atoms with Crippen molar-refractivity contribution in [3.63, 3.8) is 0 Å². The van der Waals surface area contributed by atoms with Gasteiger partial charge in [-0.2, -0.15) is 0 Å². The Morgan fingerprint density at radius 1 is 1.30 bits per heavy atom. The van der Waals surface area contributed by atoms with Gasteiger partial charge in [-0.3, -0.25) is 4.79 Å². The van der Waals surface area contributed by atoms with Crippen LogP contribution < -0.4 is 5.32 Å². The predicted molar refractivity (Wildman–Crippen MR) is 74.9 cm³/mol. The molecule has 2 rings (SSSR count). The van der Waals surface area contributed by atoms with Crippen LogP contribution in [0.1, 0.15) is 15.9 Å². The van der Waals surface area contributed by atoms with Crippen LogP contribution in [0.3, 0.4) is 0 Å². The molecule has 0 atom stereocenters. The Hall–Kier alpha value is -1.95. The zero-order chi connectivity index (χ0) is 14.9. The molecule has 0 unspecified atom stereocenters. The topological polar surface area (TPSA) is 49.3 Å². The smallest absolute Gasteiger partial charge is 0.259 e. The maximum atomic E-state index is 13.6. The van der Waals surface area contributed by atoms with Crippen LogP contribution in [0.4, 0.5) is 14.5 Å². The lowest BCUT2D eigenvalue weighted by Gasteiger charge is -2.10. The second-order valence-corrected chi connectivity index (χ2v) is 5.02. The van der Waals surface area contributed by atoms with E-state index >= 15 is 0 Å². The summed E-state index contributed by atoms with van der Waals surface area (Å²) >= 11 is 2.97. The summed E-state index contributed by atoms with van der Waals surface area (Å²) in [5.41, 5.74) is 0.356. The van der Waals surface area contributed by atoms with E-state index < -0.39 is 17.5 Å². The minimum Gasteiger partial charge on any atom is -0.507 e. The molecular weight excluding hydrogens is 332 g/mol. The van der Waals surface area contributed by atoms with Gasteiger partial charge in [0, 0.05) is 10.5 Å². The standard InChI is InChI=1S/C14H10BrF2NO2/c1-7-3-2-4-9(13(7)19)14(20)18-12-10(15)5-8(16)6-11(12)17/h2-6,19H,1H3,(H,18,20). The normalized spacial score (nSPS) is 10.4. The van der Waals surface area contributed by atoms with E-state index in [2.05, 4.69) is 21.2 Å². The van der Waals surface area contributed by atoms with Crippen molar-refractivity contribution in [3.8, 4) is 5.75 Å². The number of hydrogen-bond acceptors (Lipinski definition) is 2. The predicted octanol–water partition coefficient (Wildman–Crippen LogP) is 3.99. The van der Waals surface area contributed by atoms with E-state index in [0.29, 0.717) is 11.6 Å². The van der Waals surface area contributed by atoms with Crippen molar-refractivity contribution < 1.29 is 18.7 Å². The van der Waals surface area contributed by atoms with Crippen LogP contribution in [0.25, 0.3) is 0 Å². The van der Waals surface area contributed by atoms with Gasteiger partial charge in [0.15, 0.2) is 5.82 Å². The van der Waals surface area contributed by atoms with Gasteiger partial charge >= 0.3 is 0 Å². The molecule has 2 aromatic rings. The number of rotatable bonds is 2. The lowest BCUT2D eigenvalue weighted by molar-refractivity contribution is 0.102. The zero-order valence-corrected chi connectivity index (χ0v) is 12.0. The number of carbonyl (C=O) groups is 1. The first kappa shape index (κ1) is 14.5. The van der Waals surface area contributed by atoms with Crippen molar-refractivity contribution in [1.82, 2.24) is 0 Å². The van der Waals surface area contributed by atoms with Crippen LogP contribution in [0.15, 0.2) is 34.8 Å². The molecule has 0 aliphatic rings. The van der Waals surface area contributed by atoms with Gasteiger partial charge in [-0.25, -0.2) is 8.78 Å². The molecule has 20 heavy (non-hydrogen) atoms. The van der Waals surface area contributed by atoms with Crippen LogP contribution in [0.2, 0.25) is 0 Å². The second kappa shape index (κ2) is 5.58. The fraction of sp³-hybridized carbons (Fsp3) is 0.0714. The Bertz CT molecular complexity index is 666. The second-order valence-electron chi connectivity index (χ2n) is 4.17. The molecule has 2 aromatic carbocycles. The number of halogens is 3. The molecule has 0 bridgehead atoms. The molecule has 104 valence electrons. The monoisotopic (exact) mass is 341 g/mol. The lowest BCUT2D eigenvalue weighted by Crippen LogP contribution is -2.14. The van der Waals surface area contributed by atoms with E-state index in [1.807, 2.05) is 0 Å². The molecule has 0 heterocycles.